The molecule has 2 N–H and O–H groups in total. The van der Waals surface area contributed by atoms with E-state index in [1.54, 1.807) is 12.1 Å². The SMILES string of the molecule is CCOc1cc(CN2CCC3(CC2)CC(=O)N(c2ccc(C(N)=O)cc2)C3)cc(OCC)c1-c1ccc(C)cc1. The van der Waals surface area contributed by atoms with Gasteiger partial charge in [-0.1, -0.05) is 29.8 Å². The number of aryl methyl sites for hydroxylation is 1. The first-order valence-corrected chi connectivity index (χ1v) is 14.2. The van der Waals surface area contributed by atoms with Crippen LogP contribution in [0.15, 0.2) is 60.7 Å². The number of amides is 2. The van der Waals surface area contributed by atoms with Crippen LogP contribution in [0.4, 0.5) is 5.69 Å². The van der Waals surface area contributed by atoms with E-state index >= 15 is 0 Å². The van der Waals surface area contributed by atoms with Crippen LogP contribution < -0.4 is 20.1 Å². The number of piperidine rings is 1. The Labute approximate surface area is 236 Å². The second-order valence-corrected chi connectivity index (χ2v) is 11.0. The average Bonchev–Trinajstić information content (AvgIpc) is 3.26. The molecule has 0 radical (unpaired) electrons. The molecular formula is C33H39N3O4. The van der Waals surface area contributed by atoms with Crippen molar-refractivity contribution in [3.63, 3.8) is 0 Å². The summed E-state index contributed by atoms with van der Waals surface area (Å²) in [5, 5.41) is 0. The molecular weight excluding hydrogens is 502 g/mol. The Morgan fingerprint density at radius 3 is 2.08 bits per heavy atom. The average molecular weight is 542 g/mol. The molecule has 2 heterocycles. The van der Waals surface area contributed by atoms with E-state index in [9.17, 15) is 9.59 Å². The summed E-state index contributed by atoms with van der Waals surface area (Å²) in [4.78, 5) is 28.8. The summed E-state index contributed by atoms with van der Waals surface area (Å²) in [5.41, 5.74) is 11.1. The van der Waals surface area contributed by atoms with Crippen LogP contribution in [0, 0.1) is 12.3 Å². The molecule has 2 amide bonds. The molecule has 7 heteroatoms. The van der Waals surface area contributed by atoms with Crippen molar-refractivity contribution in [2.45, 2.75) is 46.6 Å². The number of anilines is 1. The molecule has 2 fully saturated rings. The third-order valence-electron chi connectivity index (χ3n) is 8.17. The van der Waals surface area contributed by atoms with Crippen molar-refractivity contribution in [2.24, 2.45) is 11.1 Å². The summed E-state index contributed by atoms with van der Waals surface area (Å²) in [6.07, 6.45) is 2.49. The largest absolute Gasteiger partial charge is 0.493 e. The van der Waals surface area contributed by atoms with Crippen molar-refractivity contribution in [2.75, 3.05) is 37.7 Å². The van der Waals surface area contributed by atoms with Gasteiger partial charge < -0.3 is 20.1 Å². The third kappa shape index (κ3) is 5.85. The highest BCUT2D eigenvalue weighted by molar-refractivity contribution is 5.97. The minimum Gasteiger partial charge on any atom is -0.493 e. The number of nitrogens with zero attached hydrogens (tertiary/aromatic N) is 2. The number of benzene rings is 3. The standard InChI is InChI=1S/C33H39N3O4/c1-4-39-28-18-24(19-29(40-5-2)31(28)25-8-6-23(3)7-9-25)21-35-16-14-33(15-17-35)20-30(37)36(22-33)27-12-10-26(11-13-27)32(34)38/h6-13,18-19H,4-5,14-17,20-22H2,1-3H3,(H2,34,38). The van der Waals surface area contributed by atoms with Crippen molar-refractivity contribution in [3.8, 4) is 22.6 Å². The summed E-state index contributed by atoms with van der Waals surface area (Å²) in [5.74, 6) is 1.38. The van der Waals surface area contributed by atoms with Gasteiger partial charge in [0.25, 0.3) is 0 Å². The Kier molecular flexibility index (Phi) is 8.12. The van der Waals surface area contributed by atoms with Crippen LogP contribution in [0.5, 0.6) is 11.5 Å². The predicted molar refractivity (Wildman–Crippen MR) is 158 cm³/mol. The van der Waals surface area contributed by atoms with Gasteiger partial charge in [0.15, 0.2) is 0 Å². The van der Waals surface area contributed by atoms with Crippen molar-refractivity contribution < 1.29 is 19.1 Å². The first kappa shape index (κ1) is 27.7. The van der Waals surface area contributed by atoms with E-state index in [2.05, 4.69) is 48.2 Å². The number of rotatable bonds is 9. The summed E-state index contributed by atoms with van der Waals surface area (Å²) in [7, 11) is 0. The van der Waals surface area contributed by atoms with Gasteiger partial charge in [0.05, 0.1) is 18.8 Å². The fraction of sp³-hybridized carbons (Fsp3) is 0.394. The van der Waals surface area contributed by atoms with Crippen LogP contribution in [0.1, 0.15) is 54.6 Å². The Balaban J connectivity index is 1.29. The van der Waals surface area contributed by atoms with E-state index in [1.807, 2.05) is 30.9 Å². The van der Waals surface area contributed by atoms with Gasteiger partial charge in [0.1, 0.15) is 11.5 Å². The van der Waals surface area contributed by atoms with Crippen molar-refractivity contribution in [1.29, 1.82) is 0 Å². The number of carbonyl (C=O) groups excluding carboxylic acids is 2. The third-order valence-corrected chi connectivity index (χ3v) is 8.17. The van der Waals surface area contributed by atoms with Gasteiger partial charge in [-0.25, -0.2) is 0 Å². The molecule has 0 bridgehead atoms. The molecule has 3 aromatic carbocycles. The van der Waals surface area contributed by atoms with E-state index in [0.717, 1.165) is 66.4 Å². The Bertz CT molecular complexity index is 1330. The fourth-order valence-corrected chi connectivity index (χ4v) is 5.99. The predicted octanol–water partition coefficient (Wildman–Crippen LogP) is 5.58. The van der Waals surface area contributed by atoms with E-state index < -0.39 is 5.91 Å². The maximum absolute atomic E-state index is 13.0. The van der Waals surface area contributed by atoms with E-state index in [-0.39, 0.29) is 11.3 Å². The maximum atomic E-state index is 13.0. The highest BCUT2D eigenvalue weighted by atomic mass is 16.5. The van der Waals surface area contributed by atoms with Crippen LogP contribution in [0.25, 0.3) is 11.1 Å². The lowest BCUT2D eigenvalue weighted by atomic mass is 9.77. The molecule has 0 unspecified atom stereocenters. The van der Waals surface area contributed by atoms with Gasteiger partial charge in [0, 0.05) is 30.8 Å². The van der Waals surface area contributed by atoms with Gasteiger partial charge in [-0.3, -0.25) is 14.5 Å². The van der Waals surface area contributed by atoms with Gasteiger partial charge in [0.2, 0.25) is 11.8 Å². The highest BCUT2D eigenvalue weighted by Crippen LogP contribution is 2.44. The second-order valence-electron chi connectivity index (χ2n) is 11.0. The number of primary amides is 1. The molecule has 2 aliphatic heterocycles. The first-order valence-electron chi connectivity index (χ1n) is 14.2. The normalized spacial score (nSPS) is 16.9. The quantitative estimate of drug-likeness (QED) is 0.382. The molecule has 5 rings (SSSR count). The molecule has 0 saturated carbocycles. The summed E-state index contributed by atoms with van der Waals surface area (Å²) < 4.78 is 12.3. The summed E-state index contributed by atoms with van der Waals surface area (Å²) in [6, 6.07) is 19.8. The van der Waals surface area contributed by atoms with E-state index in [4.69, 9.17) is 15.2 Å². The zero-order valence-corrected chi connectivity index (χ0v) is 23.7. The lowest BCUT2D eigenvalue weighted by Crippen LogP contribution is -2.41. The zero-order chi connectivity index (χ0) is 28.3. The lowest BCUT2D eigenvalue weighted by Gasteiger charge is -2.39. The first-order chi connectivity index (χ1) is 19.3. The number of hydrogen-bond donors (Lipinski definition) is 1. The molecule has 210 valence electrons. The smallest absolute Gasteiger partial charge is 0.248 e. The zero-order valence-electron chi connectivity index (χ0n) is 23.7. The Hall–Kier alpha value is -3.84. The topological polar surface area (TPSA) is 85.1 Å². The number of nitrogens with two attached hydrogens (primary N) is 1. The van der Waals surface area contributed by atoms with Crippen LogP contribution in [0.2, 0.25) is 0 Å². The lowest BCUT2D eigenvalue weighted by molar-refractivity contribution is -0.118. The maximum Gasteiger partial charge on any atom is 0.248 e. The molecule has 0 aromatic heterocycles. The minimum absolute atomic E-state index is 0.0157. The van der Waals surface area contributed by atoms with Crippen molar-refractivity contribution in [3.05, 3.63) is 77.4 Å². The molecule has 7 nitrogen and oxygen atoms in total. The molecule has 2 saturated heterocycles. The molecule has 1 spiro atoms. The number of carbonyl (C=O) groups is 2. The van der Waals surface area contributed by atoms with Gasteiger partial charge in [-0.2, -0.15) is 0 Å². The van der Waals surface area contributed by atoms with Gasteiger partial charge in [-0.15, -0.1) is 0 Å². The van der Waals surface area contributed by atoms with Crippen molar-refractivity contribution in [1.82, 2.24) is 4.90 Å². The molecule has 40 heavy (non-hydrogen) atoms. The second kappa shape index (κ2) is 11.7. The molecule has 2 aliphatic rings. The van der Waals surface area contributed by atoms with E-state index in [0.29, 0.717) is 31.7 Å². The van der Waals surface area contributed by atoms with Crippen LogP contribution in [-0.4, -0.2) is 49.6 Å². The Morgan fingerprint density at radius 1 is 0.925 bits per heavy atom. The monoisotopic (exact) mass is 541 g/mol. The van der Waals surface area contributed by atoms with Gasteiger partial charge in [-0.05, 0) is 99.6 Å². The number of likely N-dealkylation sites (tertiary alicyclic amines) is 1. The molecule has 0 atom stereocenters. The van der Waals surface area contributed by atoms with Crippen LogP contribution >= 0.6 is 0 Å². The van der Waals surface area contributed by atoms with Gasteiger partial charge >= 0.3 is 0 Å². The number of ether oxygens (including phenoxy) is 2. The van der Waals surface area contributed by atoms with E-state index in [1.165, 1.54) is 5.56 Å². The summed E-state index contributed by atoms with van der Waals surface area (Å²) in [6.45, 7) is 10.6. The highest BCUT2D eigenvalue weighted by Gasteiger charge is 2.45. The van der Waals surface area contributed by atoms with Crippen LogP contribution in [0.3, 0.4) is 0 Å². The Morgan fingerprint density at radius 2 is 1.52 bits per heavy atom. The fourth-order valence-electron chi connectivity index (χ4n) is 5.99. The summed E-state index contributed by atoms with van der Waals surface area (Å²) >= 11 is 0. The van der Waals surface area contributed by atoms with Crippen LogP contribution in [-0.2, 0) is 11.3 Å². The van der Waals surface area contributed by atoms with Crippen molar-refractivity contribution >= 4 is 17.5 Å². The minimum atomic E-state index is -0.463. The molecule has 0 aliphatic carbocycles. The number of hydrogen-bond acceptors (Lipinski definition) is 5. The molecule has 3 aromatic rings.